The molecule has 0 radical (unpaired) electrons. The van der Waals surface area contributed by atoms with Crippen LogP contribution < -0.4 is 5.32 Å². The fourth-order valence-electron chi connectivity index (χ4n) is 2.75. The number of nitrogens with zero attached hydrogens (tertiary/aromatic N) is 1. The smallest absolute Gasteiger partial charge is 0.129 e. The zero-order valence-corrected chi connectivity index (χ0v) is 13.1. The summed E-state index contributed by atoms with van der Waals surface area (Å²) in [5, 5.41) is 12.9. The first-order chi connectivity index (χ1) is 11.8. The van der Waals surface area contributed by atoms with Crippen LogP contribution in [-0.2, 0) is 0 Å². The van der Waals surface area contributed by atoms with E-state index in [2.05, 4.69) is 11.4 Å². The Hall–Kier alpha value is -2.96. The standard InChI is InChI=1S/C21H17FN2/c22-19-14-8-7-13-18(19)20(15-23)24-21(16-9-3-1-4-10-16)17-11-5-2-6-12-17/h1-14,20-21,24H. The summed E-state index contributed by atoms with van der Waals surface area (Å²) in [7, 11) is 0. The molecule has 0 amide bonds. The van der Waals surface area contributed by atoms with E-state index in [9.17, 15) is 9.65 Å². The molecule has 24 heavy (non-hydrogen) atoms. The number of halogens is 1. The fourth-order valence-corrected chi connectivity index (χ4v) is 2.75. The molecule has 0 aliphatic heterocycles. The van der Waals surface area contributed by atoms with Gasteiger partial charge in [-0.15, -0.1) is 0 Å². The highest BCUT2D eigenvalue weighted by atomic mass is 19.1. The van der Waals surface area contributed by atoms with Crippen molar-refractivity contribution in [3.05, 3.63) is 107 Å². The van der Waals surface area contributed by atoms with E-state index in [1.54, 1.807) is 18.2 Å². The van der Waals surface area contributed by atoms with Crippen LogP contribution in [0.4, 0.5) is 4.39 Å². The maximum Gasteiger partial charge on any atom is 0.129 e. The van der Waals surface area contributed by atoms with Crippen LogP contribution in [-0.4, -0.2) is 0 Å². The van der Waals surface area contributed by atoms with Gasteiger partial charge in [0.1, 0.15) is 11.9 Å². The highest BCUT2D eigenvalue weighted by Gasteiger charge is 2.21. The van der Waals surface area contributed by atoms with Gasteiger partial charge in [-0.3, -0.25) is 5.32 Å². The molecule has 0 aliphatic rings. The lowest BCUT2D eigenvalue weighted by Gasteiger charge is -2.23. The van der Waals surface area contributed by atoms with Crippen LogP contribution in [0.3, 0.4) is 0 Å². The van der Waals surface area contributed by atoms with E-state index in [0.29, 0.717) is 5.56 Å². The van der Waals surface area contributed by atoms with Crippen LogP contribution in [0.25, 0.3) is 0 Å². The first-order valence-corrected chi connectivity index (χ1v) is 7.79. The van der Waals surface area contributed by atoms with E-state index >= 15 is 0 Å². The average Bonchev–Trinajstić information content (AvgIpc) is 2.65. The van der Waals surface area contributed by atoms with E-state index in [-0.39, 0.29) is 11.9 Å². The van der Waals surface area contributed by atoms with Crippen LogP contribution in [0.2, 0.25) is 0 Å². The summed E-state index contributed by atoms with van der Waals surface area (Å²) in [6, 6.07) is 27.3. The average molecular weight is 316 g/mol. The predicted molar refractivity (Wildman–Crippen MR) is 92.6 cm³/mol. The summed E-state index contributed by atoms with van der Waals surface area (Å²) >= 11 is 0. The Balaban J connectivity index is 1.98. The molecule has 3 rings (SSSR count). The van der Waals surface area contributed by atoms with Crippen molar-refractivity contribution in [3.63, 3.8) is 0 Å². The van der Waals surface area contributed by atoms with Gasteiger partial charge in [0, 0.05) is 5.56 Å². The quantitative estimate of drug-likeness (QED) is 0.736. The first kappa shape index (κ1) is 15.9. The molecule has 0 aliphatic carbocycles. The maximum absolute atomic E-state index is 14.1. The summed E-state index contributed by atoms with van der Waals surface area (Å²) in [6.07, 6.45) is 0. The number of hydrogen-bond donors (Lipinski definition) is 1. The van der Waals surface area contributed by atoms with Crippen LogP contribution in [0, 0.1) is 17.1 Å². The van der Waals surface area contributed by atoms with E-state index in [0.717, 1.165) is 11.1 Å². The number of nitrogens with one attached hydrogen (secondary N) is 1. The Morgan fingerprint density at radius 1 is 0.750 bits per heavy atom. The lowest BCUT2D eigenvalue weighted by atomic mass is 9.96. The van der Waals surface area contributed by atoms with Crippen LogP contribution in [0.15, 0.2) is 84.9 Å². The molecule has 1 unspecified atom stereocenters. The molecule has 0 heterocycles. The molecule has 3 aromatic carbocycles. The van der Waals surface area contributed by atoms with Gasteiger partial charge in [-0.05, 0) is 17.2 Å². The summed E-state index contributed by atoms with van der Waals surface area (Å²) in [5.74, 6) is -0.378. The molecule has 3 aromatic rings. The van der Waals surface area contributed by atoms with Crippen molar-refractivity contribution in [1.29, 1.82) is 5.26 Å². The molecule has 2 nitrogen and oxygen atoms in total. The van der Waals surface area contributed by atoms with Crippen molar-refractivity contribution in [2.24, 2.45) is 0 Å². The van der Waals surface area contributed by atoms with Gasteiger partial charge in [0.2, 0.25) is 0 Å². The highest BCUT2D eigenvalue weighted by Crippen LogP contribution is 2.26. The van der Waals surface area contributed by atoms with E-state index < -0.39 is 6.04 Å². The van der Waals surface area contributed by atoms with Crippen molar-refractivity contribution in [2.45, 2.75) is 12.1 Å². The Labute approximate surface area is 141 Å². The third-order valence-corrected chi connectivity index (χ3v) is 3.94. The zero-order chi connectivity index (χ0) is 16.8. The molecular formula is C21H17FN2. The first-order valence-electron chi connectivity index (χ1n) is 7.79. The number of nitriles is 1. The Bertz CT molecular complexity index is 786. The second-order valence-electron chi connectivity index (χ2n) is 5.50. The number of rotatable bonds is 5. The number of hydrogen-bond acceptors (Lipinski definition) is 2. The second-order valence-corrected chi connectivity index (χ2v) is 5.50. The van der Waals surface area contributed by atoms with Crippen molar-refractivity contribution >= 4 is 0 Å². The normalized spacial score (nSPS) is 11.9. The molecule has 0 spiro atoms. The van der Waals surface area contributed by atoms with Crippen LogP contribution in [0.5, 0.6) is 0 Å². The number of benzene rings is 3. The molecule has 1 N–H and O–H groups in total. The maximum atomic E-state index is 14.1. The SMILES string of the molecule is N#CC(NC(c1ccccc1)c1ccccc1)c1ccccc1F. The Kier molecular flexibility index (Phi) is 5.00. The lowest BCUT2D eigenvalue weighted by Crippen LogP contribution is -2.27. The van der Waals surface area contributed by atoms with Gasteiger partial charge in [0.15, 0.2) is 0 Å². The van der Waals surface area contributed by atoms with Gasteiger partial charge in [-0.2, -0.15) is 5.26 Å². The minimum absolute atomic E-state index is 0.198. The van der Waals surface area contributed by atoms with Gasteiger partial charge in [0.05, 0.1) is 12.1 Å². The topological polar surface area (TPSA) is 35.8 Å². The Morgan fingerprint density at radius 3 is 1.75 bits per heavy atom. The fraction of sp³-hybridized carbons (Fsp3) is 0.0952. The summed E-state index contributed by atoms with van der Waals surface area (Å²) in [4.78, 5) is 0. The van der Waals surface area contributed by atoms with Crippen molar-refractivity contribution in [3.8, 4) is 6.07 Å². The van der Waals surface area contributed by atoms with E-state index in [4.69, 9.17) is 0 Å². The molecule has 1 atom stereocenters. The van der Waals surface area contributed by atoms with Gasteiger partial charge in [-0.25, -0.2) is 4.39 Å². The molecule has 3 heteroatoms. The summed E-state index contributed by atoms with van der Waals surface area (Å²) in [6.45, 7) is 0. The highest BCUT2D eigenvalue weighted by molar-refractivity contribution is 5.34. The van der Waals surface area contributed by atoms with Crippen LogP contribution in [0.1, 0.15) is 28.8 Å². The van der Waals surface area contributed by atoms with Crippen molar-refractivity contribution < 1.29 is 4.39 Å². The molecule has 0 saturated heterocycles. The van der Waals surface area contributed by atoms with Gasteiger partial charge >= 0.3 is 0 Å². The Morgan fingerprint density at radius 2 is 1.25 bits per heavy atom. The van der Waals surface area contributed by atoms with Gasteiger partial charge in [-0.1, -0.05) is 78.9 Å². The molecule has 118 valence electrons. The minimum atomic E-state index is -0.739. The van der Waals surface area contributed by atoms with Gasteiger partial charge in [0.25, 0.3) is 0 Å². The van der Waals surface area contributed by atoms with E-state index in [1.807, 2.05) is 60.7 Å². The molecule has 0 saturated carbocycles. The van der Waals surface area contributed by atoms with Crippen molar-refractivity contribution in [2.75, 3.05) is 0 Å². The lowest BCUT2D eigenvalue weighted by molar-refractivity contribution is 0.526. The second kappa shape index (κ2) is 7.54. The third kappa shape index (κ3) is 3.51. The monoisotopic (exact) mass is 316 g/mol. The minimum Gasteiger partial charge on any atom is -0.287 e. The zero-order valence-electron chi connectivity index (χ0n) is 13.1. The predicted octanol–water partition coefficient (Wildman–Crippen LogP) is 4.77. The summed E-state index contributed by atoms with van der Waals surface area (Å²) < 4.78 is 14.1. The molecule has 0 bridgehead atoms. The van der Waals surface area contributed by atoms with Gasteiger partial charge < -0.3 is 0 Å². The molecular weight excluding hydrogens is 299 g/mol. The summed E-state index contributed by atoms with van der Waals surface area (Å²) in [5.41, 5.74) is 2.41. The van der Waals surface area contributed by atoms with Crippen molar-refractivity contribution in [1.82, 2.24) is 5.32 Å². The largest absolute Gasteiger partial charge is 0.287 e. The van der Waals surface area contributed by atoms with Crippen LogP contribution >= 0.6 is 0 Å². The molecule has 0 fully saturated rings. The third-order valence-electron chi connectivity index (χ3n) is 3.94. The van der Waals surface area contributed by atoms with E-state index in [1.165, 1.54) is 6.07 Å². The molecule has 0 aromatic heterocycles.